The Labute approximate surface area is 97.6 Å². The quantitative estimate of drug-likeness (QED) is 0.886. The monoisotopic (exact) mass is 245 g/mol. The van der Waals surface area contributed by atoms with E-state index in [1.807, 2.05) is 0 Å². The summed E-state index contributed by atoms with van der Waals surface area (Å²) in [6.07, 6.45) is -3.75. The Morgan fingerprint density at radius 1 is 1.29 bits per heavy atom. The van der Waals surface area contributed by atoms with Crippen molar-refractivity contribution in [3.63, 3.8) is 0 Å². The van der Waals surface area contributed by atoms with Crippen molar-refractivity contribution < 1.29 is 17.9 Å². The summed E-state index contributed by atoms with van der Waals surface area (Å²) in [5, 5.41) is 0. The van der Waals surface area contributed by atoms with Gasteiger partial charge in [-0.1, -0.05) is 18.2 Å². The van der Waals surface area contributed by atoms with Crippen molar-refractivity contribution in [2.45, 2.75) is 12.6 Å². The van der Waals surface area contributed by atoms with Gasteiger partial charge in [-0.3, -0.25) is 0 Å². The maximum atomic E-state index is 12.5. The van der Waals surface area contributed by atoms with Gasteiger partial charge >= 0.3 is 6.18 Å². The molecule has 0 aromatic heterocycles. The van der Waals surface area contributed by atoms with E-state index in [4.69, 9.17) is 10.5 Å². The lowest BCUT2D eigenvalue weighted by atomic mass is 9.80. The molecule has 2 rings (SSSR count). The van der Waals surface area contributed by atoms with Crippen LogP contribution >= 0.6 is 0 Å². The summed E-state index contributed by atoms with van der Waals surface area (Å²) in [7, 11) is 0. The molecule has 1 saturated heterocycles. The highest BCUT2D eigenvalue weighted by molar-refractivity contribution is 5.27. The molecule has 2 nitrogen and oxygen atoms in total. The number of rotatable bonds is 3. The van der Waals surface area contributed by atoms with Gasteiger partial charge in [-0.15, -0.1) is 0 Å². The minimum absolute atomic E-state index is 0.176. The van der Waals surface area contributed by atoms with Gasteiger partial charge in [0.05, 0.1) is 18.8 Å². The lowest BCUT2D eigenvalue weighted by Crippen LogP contribution is -2.49. The van der Waals surface area contributed by atoms with E-state index >= 15 is 0 Å². The highest BCUT2D eigenvalue weighted by Gasteiger charge is 2.38. The predicted molar refractivity (Wildman–Crippen MR) is 57.5 cm³/mol. The molecule has 1 heterocycles. The summed E-state index contributed by atoms with van der Waals surface area (Å²) >= 11 is 0. The van der Waals surface area contributed by atoms with Crippen molar-refractivity contribution in [3.8, 4) is 0 Å². The van der Waals surface area contributed by atoms with E-state index in [-0.39, 0.29) is 5.41 Å². The fourth-order valence-electron chi connectivity index (χ4n) is 1.97. The van der Waals surface area contributed by atoms with Crippen molar-refractivity contribution in [2.24, 2.45) is 11.1 Å². The van der Waals surface area contributed by atoms with Crippen LogP contribution in [-0.2, 0) is 17.3 Å². The van der Waals surface area contributed by atoms with Crippen molar-refractivity contribution >= 4 is 0 Å². The minimum Gasteiger partial charge on any atom is -0.380 e. The van der Waals surface area contributed by atoms with Crippen LogP contribution in [0.1, 0.15) is 11.1 Å². The molecule has 2 N–H and O–H groups in total. The van der Waals surface area contributed by atoms with Crippen LogP contribution < -0.4 is 5.73 Å². The summed E-state index contributed by atoms with van der Waals surface area (Å²) in [6.45, 7) is 1.49. The largest absolute Gasteiger partial charge is 0.416 e. The number of halogens is 3. The number of alkyl halides is 3. The van der Waals surface area contributed by atoms with Gasteiger partial charge < -0.3 is 10.5 Å². The Kier molecular flexibility index (Phi) is 3.14. The zero-order chi connectivity index (χ0) is 12.5. The first-order valence-electron chi connectivity index (χ1n) is 5.39. The van der Waals surface area contributed by atoms with Crippen LogP contribution in [0, 0.1) is 5.41 Å². The molecule has 94 valence electrons. The van der Waals surface area contributed by atoms with Crippen LogP contribution in [0.4, 0.5) is 13.2 Å². The fourth-order valence-corrected chi connectivity index (χ4v) is 1.97. The second-order valence-electron chi connectivity index (χ2n) is 4.57. The molecule has 1 aliphatic rings. The third kappa shape index (κ3) is 2.61. The van der Waals surface area contributed by atoms with Crippen molar-refractivity contribution in [1.82, 2.24) is 0 Å². The zero-order valence-corrected chi connectivity index (χ0v) is 9.26. The molecule has 1 fully saturated rings. The van der Waals surface area contributed by atoms with Gasteiger partial charge in [0.25, 0.3) is 0 Å². The molecule has 5 heteroatoms. The van der Waals surface area contributed by atoms with Crippen molar-refractivity contribution in [1.29, 1.82) is 0 Å². The highest BCUT2D eigenvalue weighted by Crippen LogP contribution is 2.33. The minimum atomic E-state index is -4.29. The lowest BCUT2D eigenvalue weighted by molar-refractivity contribution is -0.137. The van der Waals surface area contributed by atoms with Gasteiger partial charge in [-0.25, -0.2) is 0 Å². The molecule has 0 bridgehead atoms. The van der Waals surface area contributed by atoms with Gasteiger partial charge in [-0.2, -0.15) is 13.2 Å². The van der Waals surface area contributed by atoms with E-state index in [0.29, 0.717) is 31.7 Å². The Balaban J connectivity index is 2.17. The predicted octanol–water partition coefficient (Wildman–Crippen LogP) is 2.22. The van der Waals surface area contributed by atoms with Crippen LogP contribution in [-0.4, -0.2) is 19.8 Å². The topological polar surface area (TPSA) is 35.2 Å². The number of hydrogen-bond acceptors (Lipinski definition) is 2. The van der Waals surface area contributed by atoms with Gasteiger partial charge in [0.15, 0.2) is 0 Å². The molecule has 0 amide bonds. The summed E-state index contributed by atoms with van der Waals surface area (Å²) in [5.41, 5.74) is 5.51. The maximum Gasteiger partial charge on any atom is 0.416 e. The summed E-state index contributed by atoms with van der Waals surface area (Å²) in [5.74, 6) is 0. The first kappa shape index (κ1) is 12.4. The molecule has 0 saturated carbocycles. The van der Waals surface area contributed by atoms with E-state index in [1.54, 1.807) is 6.07 Å². The standard InChI is InChI=1S/C12H14F3NO/c13-12(14,15)10-3-1-2-9(4-10)5-11(6-16)7-17-8-11/h1-4H,5-8,16H2. The number of hydrogen-bond donors (Lipinski definition) is 1. The van der Waals surface area contributed by atoms with Gasteiger partial charge in [0.1, 0.15) is 0 Å². The molecule has 0 aliphatic carbocycles. The first-order chi connectivity index (χ1) is 7.95. The van der Waals surface area contributed by atoms with Crippen LogP contribution in [0.15, 0.2) is 24.3 Å². The average molecular weight is 245 g/mol. The molecule has 0 atom stereocenters. The molecule has 1 aromatic rings. The first-order valence-corrected chi connectivity index (χ1v) is 5.39. The zero-order valence-electron chi connectivity index (χ0n) is 9.26. The van der Waals surface area contributed by atoms with E-state index in [0.717, 1.165) is 6.07 Å². The fraction of sp³-hybridized carbons (Fsp3) is 0.500. The Morgan fingerprint density at radius 3 is 2.47 bits per heavy atom. The van der Waals surface area contributed by atoms with Crippen molar-refractivity contribution in [3.05, 3.63) is 35.4 Å². The molecule has 0 radical (unpaired) electrons. The Bertz CT molecular complexity index is 393. The molecule has 0 unspecified atom stereocenters. The summed E-state index contributed by atoms with van der Waals surface area (Å²) in [4.78, 5) is 0. The van der Waals surface area contributed by atoms with Crippen LogP contribution in [0.3, 0.4) is 0 Å². The van der Waals surface area contributed by atoms with Gasteiger partial charge in [0, 0.05) is 12.0 Å². The molecular formula is C12H14F3NO. The maximum absolute atomic E-state index is 12.5. The van der Waals surface area contributed by atoms with E-state index in [9.17, 15) is 13.2 Å². The molecular weight excluding hydrogens is 231 g/mol. The lowest BCUT2D eigenvalue weighted by Gasteiger charge is -2.40. The third-order valence-electron chi connectivity index (χ3n) is 3.08. The molecule has 1 aromatic carbocycles. The van der Waals surface area contributed by atoms with Gasteiger partial charge in [0.2, 0.25) is 0 Å². The van der Waals surface area contributed by atoms with E-state index < -0.39 is 11.7 Å². The number of benzene rings is 1. The van der Waals surface area contributed by atoms with E-state index in [2.05, 4.69) is 0 Å². The normalized spacial score (nSPS) is 18.8. The summed E-state index contributed by atoms with van der Waals surface area (Å²) in [6, 6.07) is 5.40. The molecule has 0 spiro atoms. The summed E-state index contributed by atoms with van der Waals surface area (Å²) < 4.78 is 42.7. The van der Waals surface area contributed by atoms with Crippen molar-refractivity contribution in [2.75, 3.05) is 19.8 Å². The highest BCUT2D eigenvalue weighted by atomic mass is 19.4. The van der Waals surface area contributed by atoms with Crippen LogP contribution in [0.5, 0.6) is 0 Å². The Morgan fingerprint density at radius 2 is 2.00 bits per heavy atom. The van der Waals surface area contributed by atoms with E-state index in [1.165, 1.54) is 12.1 Å². The van der Waals surface area contributed by atoms with Crippen LogP contribution in [0.2, 0.25) is 0 Å². The SMILES string of the molecule is NCC1(Cc2cccc(C(F)(F)F)c2)COC1. The second kappa shape index (κ2) is 4.31. The molecule has 1 aliphatic heterocycles. The van der Waals surface area contributed by atoms with Gasteiger partial charge in [-0.05, 0) is 18.1 Å². The average Bonchev–Trinajstić information content (AvgIpc) is 2.23. The molecule has 17 heavy (non-hydrogen) atoms. The smallest absolute Gasteiger partial charge is 0.380 e. The second-order valence-corrected chi connectivity index (χ2v) is 4.57. The van der Waals surface area contributed by atoms with Crippen LogP contribution in [0.25, 0.3) is 0 Å². The number of ether oxygens (including phenoxy) is 1. The number of nitrogens with two attached hydrogens (primary N) is 1. The third-order valence-corrected chi connectivity index (χ3v) is 3.08. The Hall–Kier alpha value is -1.07.